The number of nitrogens with one attached hydrogen (secondary N) is 1. The highest BCUT2D eigenvalue weighted by atomic mass is 16.1. The molecule has 3 N–H and O–H groups in total. The number of hydrogen-bond acceptors (Lipinski definition) is 3. The summed E-state index contributed by atoms with van der Waals surface area (Å²) in [6.45, 7) is 4.10. The van der Waals surface area contributed by atoms with Gasteiger partial charge in [0.1, 0.15) is 0 Å². The van der Waals surface area contributed by atoms with E-state index < -0.39 is 5.54 Å². The summed E-state index contributed by atoms with van der Waals surface area (Å²) >= 11 is 0. The minimum absolute atomic E-state index is 0.243. The van der Waals surface area contributed by atoms with Gasteiger partial charge >= 0.3 is 0 Å². The lowest BCUT2D eigenvalue weighted by molar-refractivity contribution is -0.124. The van der Waals surface area contributed by atoms with E-state index in [0.717, 1.165) is 24.9 Å². The van der Waals surface area contributed by atoms with Crippen molar-refractivity contribution in [3.05, 3.63) is 0 Å². The van der Waals surface area contributed by atoms with Gasteiger partial charge in [-0.05, 0) is 58.5 Å². The van der Waals surface area contributed by atoms with Crippen LogP contribution in [0.15, 0.2) is 0 Å². The van der Waals surface area contributed by atoms with Crippen molar-refractivity contribution in [2.45, 2.75) is 63.5 Å². The zero-order valence-electron chi connectivity index (χ0n) is 12.5. The Morgan fingerprint density at radius 3 is 2.68 bits per heavy atom. The molecule has 4 heteroatoms. The fourth-order valence-electron chi connectivity index (χ4n) is 3.74. The smallest absolute Gasteiger partial charge is 0.237 e. The minimum Gasteiger partial charge on any atom is -0.368 e. The highest BCUT2D eigenvalue weighted by molar-refractivity contribution is 5.84. The molecule has 1 saturated carbocycles. The van der Waals surface area contributed by atoms with Crippen LogP contribution < -0.4 is 11.1 Å². The fraction of sp³-hybridized carbons (Fsp3) is 0.933. The molecule has 19 heavy (non-hydrogen) atoms. The van der Waals surface area contributed by atoms with E-state index in [1.807, 2.05) is 14.0 Å². The summed E-state index contributed by atoms with van der Waals surface area (Å²) in [6, 6.07) is 0.761. The van der Waals surface area contributed by atoms with Crippen molar-refractivity contribution in [1.82, 2.24) is 10.2 Å². The number of fused-ring (bicyclic) bond motifs is 1. The summed E-state index contributed by atoms with van der Waals surface area (Å²) in [5.74, 6) is 0.657. The number of hydrogen-bond donors (Lipinski definition) is 2. The number of piperidine rings is 1. The SMILES string of the molecule is CNC(C)(CCN1CCC[C@H]2CCCC[C@H]21)C(N)=O. The highest BCUT2D eigenvalue weighted by Crippen LogP contribution is 2.35. The van der Waals surface area contributed by atoms with Gasteiger partial charge in [0.2, 0.25) is 5.91 Å². The van der Waals surface area contributed by atoms with Crippen molar-refractivity contribution in [2.24, 2.45) is 11.7 Å². The van der Waals surface area contributed by atoms with Gasteiger partial charge in [0.05, 0.1) is 5.54 Å². The van der Waals surface area contributed by atoms with Gasteiger partial charge in [-0.2, -0.15) is 0 Å². The molecule has 1 aliphatic heterocycles. The van der Waals surface area contributed by atoms with E-state index in [1.165, 1.54) is 45.1 Å². The first-order valence-corrected chi connectivity index (χ1v) is 7.80. The molecule has 0 aromatic heterocycles. The van der Waals surface area contributed by atoms with Gasteiger partial charge in [-0.25, -0.2) is 0 Å². The third kappa shape index (κ3) is 3.29. The number of likely N-dealkylation sites (tertiary alicyclic amines) is 1. The third-order valence-corrected chi connectivity index (χ3v) is 5.35. The van der Waals surface area contributed by atoms with Gasteiger partial charge in [0.15, 0.2) is 0 Å². The average molecular weight is 267 g/mol. The number of carbonyl (C=O) groups excluding carboxylic acids is 1. The van der Waals surface area contributed by atoms with E-state index in [0.29, 0.717) is 0 Å². The second-order valence-corrected chi connectivity index (χ2v) is 6.49. The van der Waals surface area contributed by atoms with Crippen LogP contribution in [0.25, 0.3) is 0 Å². The Morgan fingerprint density at radius 2 is 2.00 bits per heavy atom. The number of amides is 1. The highest BCUT2D eigenvalue weighted by Gasteiger charge is 2.35. The largest absolute Gasteiger partial charge is 0.368 e. The van der Waals surface area contributed by atoms with Crippen LogP contribution in [0.2, 0.25) is 0 Å². The first-order valence-electron chi connectivity index (χ1n) is 7.80. The molecule has 2 aliphatic rings. The van der Waals surface area contributed by atoms with Crippen LogP contribution in [0.3, 0.4) is 0 Å². The molecule has 1 saturated heterocycles. The van der Waals surface area contributed by atoms with Crippen molar-refractivity contribution in [3.8, 4) is 0 Å². The number of rotatable bonds is 5. The molecule has 0 aromatic rings. The van der Waals surface area contributed by atoms with Gasteiger partial charge in [-0.3, -0.25) is 4.79 Å². The molecular weight excluding hydrogens is 238 g/mol. The summed E-state index contributed by atoms with van der Waals surface area (Å²) in [4.78, 5) is 14.2. The Labute approximate surface area is 117 Å². The molecule has 2 fully saturated rings. The van der Waals surface area contributed by atoms with Crippen molar-refractivity contribution in [2.75, 3.05) is 20.1 Å². The molecule has 0 bridgehead atoms. The summed E-state index contributed by atoms with van der Waals surface area (Å²) < 4.78 is 0. The van der Waals surface area contributed by atoms with Crippen molar-refractivity contribution >= 4 is 5.91 Å². The lowest BCUT2D eigenvalue weighted by Crippen LogP contribution is -2.55. The van der Waals surface area contributed by atoms with E-state index in [2.05, 4.69) is 10.2 Å². The number of nitrogens with zero attached hydrogens (tertiary/aromatic N) is 1. The van der Waals surface area contributed by atoms with Crippen LogP contribution in [0, 0.1) is 5.92 Å². The molecule has 3 atom stereocenters. The normalized spacial score (nSPS) is 31.5. The van der Waals surface area contributed by atoms with Crippen molar-refractivity contribution in [1.29, 1.82) is 0 Å². The summed E-state index contributed by atoms with van der Waals surface area (Å²) in [7, 11) is 1.82. The molecule has 110 valence electrons. The first kappa shape index (κ1) is 14.8. The quantitative estimate of drug-likeness (QED) is 0.793. The lowest BCUT2D eigenvalue weighted by atomic mass is 9.78. The van der Waals surface area contributed by atoms with E-state index in [1.54, 1.807) is 0 Å². The monoisotopic (exact) mass is 267 g/mol. The van der Waals surface area contributed by atoms with Crippen LogP contribution in [-0.4, -0.2) is 42.5 Å². The van der Waals surface area contributed by atoms with E-state index >= 15 is 0 Å². The Hall–Kier alpha value is -0.610. The number of primary amides is 1. The molecule has 0 radical (unpaired) electrons. The Morgan fingerprint density at radius 1 is 1.32 bits per heavy atom. The first-order chi connectivity index (χ1) is 9.07. The number of nitrogens with two attached hydrogens (primary N) is 1. The van der Waals surface area contributed by atoms with E-state index in [4.69, 9.17) is 5.73 Å². The maximum absolute atomic E-state index is 11.5. The van der Waals surface area contributed by atoms with Crippen LogP contribution >= 0.6 is 0 Å². The molecule has 0 spiro atoms. The summed E-state index contributed by atoms with van der Waals surface area (Å²) in [6.07, 6.45) is 9.05. The zero-order chi connectivity index (χ0) is 13.9. The van der Waals surface area contributed by atoms with Crippen molar-refractivity contribution in [3.63, 3.8) is 0 Å². The molecule has 1 unspecified atom stereocenters. The van der Waals surface area contributed by atoms with Gasteiger partial charge in [-0.15, -0.1) is 0 Å². The van der Waals surface area contributed by atoms with Crippen molar-refractivity contribution < 1.29 is 4.79 Å². The molecule has 0 aromatic carbocycles. The lowest BCUT2D eigenvalue weighted by Gasteiger charge is -2.45. The van der Waals surface area contributed by atoms with Gasteiger partial charge in [0, 0.05) is 12.6 Å². The van der Waals surface area contributed by atoms with Crippen LogP contribution in [-0.2, 0) is 4.79 Å². The maximum Gasteiger partial charge on any atom is 0.237 e. The topological polar surface area (TPSA) is 58.4 Å². The van der Waals surface area contributed by atoms with Crippen LogP contribution in [0.4, 0.5) is 0 Å². The Balaban J connectivity index is 1.92. The standard InChI is InChI=1S/C15H29N3O/c1-15(17-2,14(16)19)9-11-18-10-5-7-12-6-3-4-8-13(12)18/h12-13,17H,3-11H2,1-2H3,(H2,16,19)/t12-,13-,15?/m1/s1. The van der Waals surface area contributed by atoms with E-state index in [-0.39, 0.29) is 5.91 Å². The fourth-order valence-corrected chi connectivity index (χ4v) is 3.74. The molecule has 1 amide bonds. The summed E-state index contributed by atoms with van der Waals surface area (Å²) in [5.41, 5.74) is 4.94. The Kier molecular flexibility index (Phi) is 4.85. The third-order valence-electron chi connectivity index (χ3n) is 5.35. The van der Waals surface area contributed by atoms with Gasteiger partial charge in [-0.1, -0.05) is 12.8 Å². The maximum atomic E-state index is 11.5. The second-order valence-electron chi connectivity index (χ2n) is 6.49. The summed E-state index contributed by atoms with van der Waals surface area (Å²) in [5, 5.41) is 3.09. The van der Waals surface area contributed by atoms with Gasteiger partial charge in [0.25, 0.3) is 0 Å². The predicted molar refractivity (Wildman–Crippen MR) is 77.8 cm³/mol. The zero-order valence-corrected chi connectivity index (χ0v) is 12.5. The molecular formula is C15H29N3O. The molecule has 1 aliphatic carbocycles. The molecule has 2 rings (SSSR count). The van der Waals surface area contributed by atoms with Crippen LogP contribution in [0.5, 0.6) is 0 Å². The van der Waals surface area contributed by atoms with Gasteiger partial charge < -0.3 is 16.0 Å². The number of likely N-dealkylation sites (N-methyl/N-ethyl adjacent to an activating group) is 1. The molecule has 1 heterocycles. The Bertz CT molecular complexity index is 319. The number of carbonyl (C=O) groups is 1. The second kappa shape index (κ2) is 6.23. The average Bonchev–Trinajstić information content (AvgIpc) is 2.44. The molecule has 4 nitrogen and oxygen atoms in total. The van der Waals surface area contributed by atoms with E-state index in [9.17, 15) is 4.79 Å². The predicted octanol–water partition coefficient (Wildman–Crippen LogP) is 1.49. The minimum atomic E-state index is -0.568. The van der Waals surface area contributed by atoms with Crippen LogP contribution in [0.1, 0.15) is 51.9 Å².